The highest BCUT2D eigenvalue weighted by Gasteiger charge is 2.78. The van der Waals surface area contributed by atoms with Gasteiger partial charge in [0.25, 0.3) is 0 Å². The van der Waals surface area contributed by atoms with Crippen LogP contribution in [0.15, 0.2) is 30.3 Å². The lowest BCUT2D eigenvalue weighted by Crippen LogP contribution is -2.60. The second-order valence-corrected chi connectivity index (χ2v) is 11.5. The van der Waals surface area contributed by atoms with E-state index < -0.39 is 35.1 Å². The van der Waals surface area contributed by atoms with Crippen molar-refractivity contribution in [3.05, 3.63) is 35.9 Å². The number of carbonyl (C=O) groups excluding carboxylic acids is 3. The molecule has 37 heavy (non-hydrogen) atoms. The van der Waals surface area contributed by atoms with Crippen molar-refractivity contribution in [1.29, 1.82) is 0 Å². The molecule has 3 heterocycles. The fourth-order valence-electron chi connectivity index (χ4n) is 6.96. The van der Waals surface area contributed by atoms with Gasteiger partial charge in [-0.15, -0.1) is 0 Å². The number of nitrogens with one attached hydrogen (secondary N) is 2. The van der Waals surface area contributed by atoms with E-state index in [1.54, 1.807) is 4.90 Å². The summed E-state index contributed by atoms with van der Waals surface area (Å²) in [6.45, 7) is 10.0. The predicted octanol–water partition coefficient (Wildman–Crippen LogP) is 2.78. The van der Waals surface area contributed by atoms with E-state index >= 15 is 0 Å². The number of hydrogen-bond donors (Lipinski definition) is 3. The van der Waals surface area contributed by atoms with Crippen LogP contribution in [0.25, 0.3) is 0 Å². The van der Waals surface area contributed by atoms with E-state index in [4.69, 9.17) is 4.74 Å². The summed E-state index contributed by atoms with van der Waals surface area (Å²) in [6.07, 6.45) is 3.60. The topological polar surface area (TPSA) is 108 Å². The maximum atomic E-state index is 14.2. The van der Waals surface area contributed by atoms with E-state index in [2.05, 4.69) is 17.6 Å². The number of amides is 3. The standard InChI is InChI=1S/C29H43N3O5/c1-6-11-19(4)31-26(35)24-29-15-14-28(5,37-29)22(25(34)30-16-20-12-9-8-10-13-20)23(29)27(36)32(24)21(17-33)18(3)7-2/h8-10,12-13,18-19,21-24,33H,6-7,11,14-17H2,1-5H3,(H,30,34)(H,31,35)/t18-,19?,21-,22-,23-,24?,28+,29?/m0/s1. The third-order valence-corrected chi connectivity index (χ3v) is 9.01. The number of benzene rings is 1. The molecule has 8 heteroatoms. The van der Waals surface area contributed by atoms with Crippen LogP contribution in [0.4, 0.5) is 0 Å². The smallest absolute Gasteiger partial charge is 0.246 e. The number of rotatable bonds is 11. The van der Waals surface area contributed by atoms with Crippen LogP contribution in [-0.2, 0) is 25.7 Å². The zero-order chi connectivity index (χ0) is 27.0. The molecule has 0 aromatic heterocycles. The molecule has 3 aliphatic heterocycles. The van der Waals surface area contributed by atoms with Gasteiger partial charge in [0.1, 0.15) is 11.6 Å². The molecular weight excluding hydrogens is 470 g/mol. The van der Waals surface area contributed by atoms with E-state index in [1.165, 1.54) is 0 Å². The number of carbonyl (C=O) groups is 3. The summed E-state index contributed by atoms with van der Waals surface area (Å²) in [5.74, 6) is -2.24. The molecular formula is C29H43N3O5. The predicted molar refractivity (Wildman–Crippen MR) is 140 cm³/mol. The molecule has 0 radical (unpaired) electrons. The van der Waals surface area contributed by atoms with Crippen LogP contribution in [0.3, 0.4) is 0 Å². The van der Waals surface area contributed by atoms with Crippen molar-refractivity contribution < 1.29 is 24.2 Å². The van der Waals surface area contributed by atoms with Crippen LogP contribution in [0.1, 0.15) is 72.3 Å². The fraction of sp³-hybridized carbons (Fsp3) is 0.690. The Morgan fingerprint density at radius 1 is 1.16 bits per heavy atom. The lowest BCUT2D eigenvalue weighted by Gasteiger charge is -2.39. The molecule has 204 valence electrons. The van der Waals surface area contributed by atoms with E-state index in [1.807, 2.05) is 58.0 Å². The average Bonchev–Trinajstić information content (AvgIpc) is 3.44. The van der Waals surface area contributed by atoms with Gasteiger partial charge in [0.15, 0.2) is 0 Å². The number of fused-ring (bicyclic) bond motifs is 1. The highest BCUT2D eigenvalue weighted by Crippen LogP contribution is 2.63. The second kappa shape index (κ2) is 10.7. The Morgan fingerprint density at radius 3 is 2.49 bits per heavy atom. The lowest BCUT2D eigenvalue weighted by atomic mass is 9.66. The number of hydrogen-bond acceptors (Lipinski definition) is 5. The number of likely N-dealkylation sites (tertiary alicyclic amines) is 1. The Kier molecular flexibility index (Phi) is 8.00. The quantitative estimate of drug-likeness (QED) is 0.422. The minimum Gasteiger partial charge on any atom is -0.394 e. The first-order chi connectivity index (χ1) is 17.6. The molecule has 3 saturated heterocycles. The van der Waals surface area contributed by atoms with Gasteiger partial charge in [0.05, 0.1) is 30.1 Å². The van der Waals surface area contributed by atoms with E-state index in [-0.39, 0.29) is 36.3 Å². The van der Waals surface area contributed by atoms with Gasteiger partial charge in [-0.1, -0.05) is 63.9 Å². The Morgan fingerprint density at radius 2 is 1.86 bits per heavy atom. The van der Waals surface area contributed by atoms with Crippen molar-refractivity contribution in [3.63, 3.8) is 0 Å². The molecule has 1 aromatic rings. The number of aliphatic hydroxyl groups excluding tert-OH is 1. The van der Waals surface area contributed by atoms with Crippen LogP contribution < -0.4 is 10.6 Å². The summed E-state index contributed by atoms with van der Waals surface area (Å²) in [5.41, 5.74) is -0.943. The summed E-state index contributed by atoms with van der Waals surface area (Å²) < 4.78 is 6.68. The Hall–Kier alpha value is -2.45. The molecule has 0 saturated carbocycles. The first-order valence-electron chi connectivity index (χ1n) is 13.9. The van der Waals surface area contributed by atoms with Gasteiger partial charge >= 0.3 is 0 Å². The highest BCUT2D eigenvalue weighted by atomic mass is 16.5. The zero-order valence-corrected chi connectivity index (χ0v) is 22.8. The van der Waals surface area contributed by atoms with Crippen molar-refractivity contribution in [2.45, 2.75) is 103 Å². The maximum Gasteiger partial charge on any atom is 0.246 e. The molecule has 0 aliphatic carbocycles. The SMILES string of the molecule is CCCC(C)NC(=O)C1N([C@@H](CO)[C@@H](C)CC)C(=O)[C@@H]2[C@@H](C(=O)NCc3ccccc3)[C@@]3(C)CCC12O3. The first kappa shape index (κ1) is 27.6. The minimum absolute atomic E-state index is 0.0225. The third kappa shape index (κ3) is 4.67. The molecule has 3 aliphatic rings. The minimum atomic E-state index is -1.09. The Bertz CT molecular complexity index is 1000. The summed E-state index contributed by atoms with van der Waals surface area (Å²) in [7, 11) is 0. The van der Waals surface area contributed by atoms with Gasteiger partial charge in [0, 0.05) is 12.6 Å². The molecule has 8 atom stereocenters. The number of aliphatic hydroxyl groups is 1. The zero-order valence-electron chi connectivity index (χ0n) is 22.8. The summed E-state index contributed by atoms with van der Waals surface area (Å²) >= 11 is 0. The Labute approximate surface area is 220 Å². The number of nitrogens with zero attached hydrogens (tertiary/aromatic N) is 1. The molecule has 3 fully saturated rings. The van der Waals surface area contributed by atoms with E-state index in [0.29, 0.717) is 19.4 Å². The van der Waals surface area contributed by atoms with Gasteiger partial charge in [-0.05, 0) is 44.6 Å². The van der Waals surface area contributed by atoms with E-state index in [9.17, 15) is 19.5 Å². The van der Waals surface area contributed by atoms with Crippen molar-refractivity contribution in [3.8, 4) is 0 Å². The molecule has 8 nitrogen and oxygen atoms in total. The summed E-state index contributed by atoms with van der Waals surface area (Å²) in [5, 5.41) is 16.5. The molecule has 1 aromatic carbocycles. The molecule has 1 spiro atoms. The maximum absolute atomic E-state index is 14.2. The van der Waals surface area contributed by atoms with Crippen LogP contribution in [0.5, 0.6) is 0 Å². The van der Waals surface area contributed by atoms with Crippen LogP contribution >= 0.6 is 0 Å². The third-order valence-electron chi connectivity index (χ3n) is 9.01. The van der Waals surface area contributed by atoms with Gasteiger partial charge in [-0.3, -0.25) is 14.4 Å². The van der Waals surface area contributed by atoms with Crippen LogP contribution in [0.2, 0.25) is 0 Å². The molecule has 4 rings (SSSR count). The van der Waals surface area contributed by atoms with Crippen LogP contribution in [-0.4, -0.2) is 63.7 Å². The summed E-state index contributed by atoms with van der Waals surface area (Å²) in [6, 6.07) is 8.18. The normalized spacial score (nSPS) is 32.6. The van der Waals surface area contributed by atoms with Crippen molar-refractivity contribution in [2.24, 2.45) is 17.8 Å². The average molecular weight is 514 g/mol. The van der Waals surface area contributed by atoms with Crippen LogP contribution in [0, 0.1) is 17.8 Å². The van der Waals surface area contributed by atoms with E-state index in [0.717, 1.165) is 24.8 Å². The second-order valence-electron chi connectivity index (χ2n) is 11.5. The van der Waals surface area contributed by atoms with Gasteiger partial charge in [-0.25, -0.2) is 0 Å². The van der Waals surface area contributed by atoms with Gasteiger partial charge in [0.2, 0.25) is 17.7 Å². The largest absolute Gasteiger partial charge is 0.394 e. The lowest BCUT2D eigenvalue weighted by molar-refractivity contribution is -0.151. The van der Waals surface area contributed by atoms with Crippen molar-refractivity contribution in [1.82, 2.24) is 15.5 Å². The van der Waals surface area contributed by atoms with Crippen molar-refractivity contribution >= 4 is 17.7 Å². The molecule has 3 amide bonds. The molecule has 3 N–H and O–H groups in total. The monoisotopic (exact) mass is 513 g/mol. The highest BCUT2D eigenvalue weighted by molar-refractivity contribution is 5.99. The Balaban J connectivity index is 1.70. The first-order valence-corrected chi connectivity index (χ1v) is 13.9. The molecule has 3 unspecified atom stereocenters. The fourth-order valence-corrected chi connectivity index (χ4v) is 6.96. The molecule has 2 bridgehead atoms. The van der Waals surface area contributed by atoms with Crippen molar-refractivity contribution in [2.75, 3.05) is 6.61 Å². The summed E-state index contributed by atoms with van der Waals surface area (Å²) in [4.78, 5) is 43.3. The van der Waals surface area contributed by atoms with Gasteiger partial charge in [-0.2, -0.15) is 0 Å². The number of ether oxygens (including phenoxy) is 1. The van der Waals surface area contributed by atoms with Gasteiger partial charge < -0.3 is 25.4 Å².